The molecule has 0 spiro atoms. The Labute approximate surface area is 155 Å². The highest BCUT2D eigenvalue weighted by atomic mass is 127. The molecule has 0 unspecified atom stereocenters. The number of rotatable bonds is 7. The van der Waals surface area contributed by atoms with Gasteiger partial charge in [-0.2, -0.15) is 24.9 Å². The number of nitrogens with one attached hydrogen (secondary N) is 2. The van der Waals surface area contributed by atoms with Crippen molar-refractivity contribution in [3.8, 4) is 5.75 Å². The Morgan fingerprint density at radius 2 is 1.87 bits per heavy atom. The number of nitrogens with zero attached hydrogens (tertiary/aromatic N) is 1. The normalized spacial score (nSPS) is 11.6. The Morgan fingerprint density at radius 1 is 1.22 bits per heavy atom. The number of guanidine groups is 1. The van der Waals surface area contributed by atoms with Crippen molar-refractivity contribution in [2.45, 2.75) is 6.18 Å². The van der Waals surface area contributed by atoms with Crippen LogP contribution in [0.4, 0.5) is 13.2 Å². The van der Waals surface area contributed by atoms with Gasteiger partial charge in [-0.25, -0.2) is 0 Å². The third-order valence-electron chi connectivity index (χ3n) is 2.67. The van der Waals surface area contributed by atoms with Gasteiger partial charge < -0.3 is 15.4 Å². The van der Waals surface area contributed by atoms with Crippen molar-refractivity contribution in [2.75, 3.05) is 38.8 Å². The van der Waals surface area contributed by atoms with Gasteiger partial charge in [0.15, 0.2) is 5.96 Å². The smallest absolute Gasteiger partial charge is 0.419 e. The lowest BCUT2D eigenvalue weighted by Gasteiger charge is -2.15. The summed E-state index contributed by atoms with van der Waals surface area (Å²) < 4.78 is 43.6. The zero-order valence-electron chi connectivity index (χ0n) is 12.9. The van der Waals surface area contributed by atoms with Crippen LogP contribution in [-0.4, -0.2) is 44.7 Å². The predicted octanol–water partition coefficient (Wildman–Crippen LogP) is 3.23. The van der Waals surface area contributed by atoms with E-state index in [1.807, 2.05) is 6.26 Å². The lowest BCUT2D eigenvalue weighted by Crippen LogP contribution is -2.40. The largest absolute Gasteiger partial charge is 0.491 e. The van der Waals surface area contributed by atoms with E-state index in [1.165, 1.54) is 18.2 Å². The summed E-state index contributed by atoms with van der Waals surface area (Å²) in [6.07, 6.45) is -2.41. The topological polar surface area (TPSA) is 45.7 Å². The second-order valence-electron chi connectivity index (χ2n) is 4.26. The van der Waals surface area contributed by atoms with Crippen LogP contribution >= 0.6 is 35.7 Å². The standard InChI is InChI=1S/C14H20F3N3OS.HI/c1-18-13(20-8-10-22-2)19-7-9-21-12-6-4-3-5-11(12)14(15,16)17;/h3-6H,7-10H2,1-2H3,(H2,18,19,20);1H. The number of hydrogen-bond donors (Lipinski definition) is 2. The number of hydrogen-bond acceptors (Lipinski definition) is 3. The van der Waals surface area contributed by atoms with Crippen LogP contribution in [0.15, 0.2) is 29.3 Å². The maximum absolute atomic E-state index is 12.8. The van der Waals surface area contributed by atoms with Crippen molar-refractivity contribution in [2.24, 2.45) is 4.99 Å². The molecule has 0 aliphatic rings. The lowest BCUT2D eigenvalue weighted by atomic mass is 10.2. The van der Waals surface area contributed by atoms with E-state index in [9.17, 15) is 13.2 Å². The SMILES string of the molecule is CN=C(NCCOc1ccccc1C(F)(F)F)NCCSC.I. The molecular weight excluding hydrogens is 442 g/mol. The maximum Gasteiger partial charge on any atom is 0.419 e. The van der Waals surface area contributed by atoms with Gasteiger partial charge in [-0.05, 0) is 18.4 Å². The fraction of sp³-hybridized carbons (Fsp3) is 0.500. The summed E-state index contributed by atoms with van der Waals surface area (Å²) in [5, 5.41) is 6.07. The van der Waals surface area contributed by atoms with Crippen LogP contribution in [0.5, 0.6) is 5.75 Å². The molecule has 23 heavy (non-hydrogen) atoms. The van der Waals surface area contributed by atoms with Crippen molar-refractivity contribution in [1.29, 1.82) is 0 Å². The fourth-order valence-electron chi connectivity index (χ4n) is 1.65. The average molecular weight is 463 g/mol. The van der Waals surface area contributed by atoms with Crippen LogP contribution in [0.1, 0.15) is 5.56 Å². The van der Waals surface area contributed by atoms with Gasteiger partial charge in [0.05, 0.1) is 12.1 Å². The van der Waals surface area contributed by atoms with Crippen LogP contribution in [0.3, 0.4) is 0 Å². The molecular formula is C14H21F3IN3OS. The maximum atomic E-state index is 12.8. The average Bonchev–Trinajstić information content (AvgIpc) is 2.49. The molecule has 0 fully saturated rings. The molecule has 0 aliphatic heterocycles. The van der Waals surface area contributed by atoms with Gasteiger partial charge in [0, 0.05) is 19.3 Å². The highest BCUT2D eigenvalue weighted by Crippen LogP contribution is 2.35. The second-order valence-corrected chi connectivity index (χ2v) is 5.25. The summed E-state index contributed by atoms with van der Waals surface area (Å²) in [6.45, 7) is 1.22. The van der Waals surface area contributed by atoms with E-state index >= 15 is 0 Å². The van der Waals surface area contributed by atoms with E-state index in [1.54, 1.807) is 18.8 Å². The summed E-state index contributed by atoms with van der Waals surface area (Å²) in [7, 11) is 1.63. The lowest BCUT2D eigenvalue weighted by molar-refractivity contribution is -0.138. The van der Waals surface area contributed by atoms with Crippen molar-refractivity contribution < 1.29 is 17.9 Å². The van der Waals surface area contributed by atoms with Crippen molar-refractivity contribution in [3.05, 3.63) is 29.8 Å². The molecule has 0 heterocycles. The molecule has 0 aliphatic carbocycles. The summed E-state index contributed by atoms with van der Waals surface area (Å²) in [4.78, 5) is 4.01. The van der Waals surface area contributed by atoms with Crippen molar-refractivity contribution in [1.82, 2.24) is 10.6 Å². The molecule has 0 radical (unpaired) electrons. The molecule has 0 saturated carbocycles. The van der Waals surface area contributed by atoms with E-state index in [0.717, 1.165) is 18.4 Å². The van der Waals surface area contributed by atoms with Crippen LogP contribution in [0, 0.1) is 0 Å². The molecule has 2 N–H and O–H groups in total. The van der Waals surface area contributed by atoms with E-state index in [2.05, 4.69) is 15.6 Å². The highest BCUT2D eigenvalue weighted by Gasteiger charge is 2.33. The first-order valence-corrected chi connectivity index (χ1v) is 8.11. The van der Waals surface area contributed by atoms with Crippen LogP contribution in [-0.2, 0) is 6.18 Å². The minimum absolute atomic E-state index is 0. The predicted molar refractivity (Wildman–Crippen MR) is 100 cm³/mol. The monoisotopic (exact) mass is 463 g/mol. The van der Waals surface area contributed by atoms with Gasteiger partial charge in [-0.1, -0.05) is 12.1 Å². The number of thioether (sulfide) groups is 1. The molecule has 9 heteroatoms. The summed E-state index contributed by atoms with van der Waals surface area (Å²) in [5.74, 6) is 1.37. The van der Waals surface area contributed by atoms with Gasteiger partial charge in [0.25, 0.3) is 0 Å². The van der Waals surface area contributed by atoms with Crippen molar-refractivity contribution >= 4 is 41.7 Å². The number of para-hydroxylation sites is 1. The summed E-state index contributed by atoms with van der Waals surface area (Å²) in [6, 6.07) is 5.17. The summed E-state index contributed by atoms with van der Waals surface area (Å²) in [5.41, 5.74) is -0.766. The fourth-order valence-corrected chi connectivity index (χ4v) is 1.96. The zero-order chi connectivity index (χ0) is 16.4. The van der Waals surface area contributed by atoms with Crippen molar-refractivity contribution in [3.63, 3.8) is 0 Å². The molecule has 4 nitrogen and oxygen atoms in total. The number of ether oxygens (including phenoxy) is 1. The molecule has 132 valence electrons. The third kappa shape index (κ3) is 8.54. The van der Waals surface area contributed by atoms with E-state index in [4.69, 9.17) is 4.74 Å². The van der Waals surface area contributed by atoms with Gasteiger partial charge in [0.2, 0.25) is 0 Å². The number of alkyl halides is 3. The molecule has 0 saturated heterocycles. The highest BCUT2D eigenvalue weighted by molar-refractivity contribution is 14.0. The van der Waals surface area contributed by atoms with E-state index in [0.29, 0.717) is 12.5 Å². The van der Waals surface area contributed by atoms with Crippen LogP contribution < -0.4 is 15.4 Å². The Bertz CT molecular complexity index is 487. The molecule has 0 bridgehead atoms. The van der Waals surface area contributed by atoms with Crippen LogP contribution in [0.2, 0.25) is 0 Å². The Morgan fingerprint density at radius 3 is 2.48 bits per heavy atom. The molecule has 1 aromatic carbocycles. The van der Waals surface area contributed by atoms with E-state index < -0.39 is 11.7 Å². The van der Waals surface area contributed by atoms with Crippen LogP contribution in [0.25, 0.3) is 0 Å². The first-order valence-electron chi connectivity index (χ1n) is 6.71. The first-order chi connectivity index (χ1) is 10.5. The zero-order valence-corrected chi connectivity index (χ0v) is 16.1. The molecule has 1 aromatic rings. The van der Waals surface area contributed by atoms with Gasteiger partial charge in [-0.3, -0.25) is 4.99 Å². The molecule has 0 amide bonds. The number of benzene rings is 1. The first kappa shape index (κ1) is 22.2. The van der Waals surface area contributed by atoms with E-state index in [-0.39, 0.29) is 36.3 Å². The van der Waals surface area contributed by atoms with Gasteiger partial charge in [0.1, 0.15) is 12.4 Å². The number of halogens is 4. The molecule has 0 aromatic heterocycles. The molecule has 0 atom stereocenters. The minimum atomic E-state index is -4.42. The minimum Gasteiger partial charge on any atom is -0.491 e. The second kappa shape index (κ2) is 11.7. The van der Waals surface area contributed by atoms with Gasteiger partial charge in [-0.15, -0.1) is 24.0 Å². The Hall–Kier alpha value is -0.840. The quantitative estimate of drug-likeness (QED) is 0.282. The third-order valence-corrected chi connectivity index (χ3v) is 3.28. The number of aliphatic imine (C=N–C) groups is 1. The van der Waals surface area contributed by atoms with Gasteiger partial charge >= 0.3 is 6.18 Å². The Balaban J connectivity index is 0.00000484. The summed E-state index contributed by atoms with van der Waals surface area (Å²) >= 11 is 1.71. The molecule has 1 rings (SSSR count). The Kier molecular flexibility index (Phi) is 11.2.